The standard InChI is InChI=1S/C19H17N3O3/c1-12-3-5-14(6-4-12)21-19-20-8-7-15(22-19)13-9-16(23-2)18-17(10-13)24-11-25-18/h3-10H,11H2,1-2H3,(H,20,21,22). The Labute approximate surface area is 145 Å². The molecule has 0 radical (unpaired) electrons. The summed E-state index contributed by atoms with van der Waals surface area (Å²) >= 11 is 0. The van der Waals surface area contributed by atoms with Gasteiger partial charge in [-0.25, -0.2) is 9.97 Å². The first-order chi connectivity index (χ1) is 12.2. The van der Waals surface area contributed by atoms with Crippen LogP contribution in [0.4, 0.5) is 11.6 Å². The number of nitrogens with one attached hydrogen (secondary N) is 1. The lowest BCUT2D eigenvalue weighted by molar-refractivity contribution is 0.171. The minimum atomic E-state index is 0.194. The highest BCUT2D eigenvalue weighted by Crippen LogP contribution is 2.43. The average molecular weight is 335 g/mol. The number of fused-ring (bicyclic) bond motifs is 1. The van der Waals surface area contributed by atoms with Gasteiger partial charge in [-0.05, 0) is 37.3 Å². The van der Waals surface area contributed by atoms with E-state index in [0.717, 1.165) is 16.9 Å². The molecule has 0 saturated heterocycles. The molecule has 0 bridgehead atoms. The molecule has 1 aliphatic rings. The quantitative estimate of drug-likeness (QED) is 0.779. The predicted molar refractivity (Wildman–Crippen MR) is 94.6 cm³/mol. The molecule has 0 fully saturated rings. The Balaban J connectivity index is 1.66. The van der Waals surface area contributed by atoms with E-state index in [-0.39, 0.29) is 6.79 Å². The number of benzene rings is 2. The SMILES string of the molecule is COc1cc(-c2ccnc(Nc3ccc(C)cc3)n2)cc2c1OCO2. The van der Waals surface area contributed by atoms with E-state index in [2.05, 4.69) is 15.3 Å². The van der Waals surface area contributed by atoms with E-state index < -0.39 is 0 Å². The second-order valence-corrected chi connectivity index (χ2v) is 5.67. The van der Waals surface area contributed by atoms with E-state index in [1.54, 1.807) is 13.3 Å². The Morgan fingerprint density at radius 3 is 2.72 bits per heavy atom. The van der Waals surface area contributed by atoms with Crippen LogP contribution in [0.5, 0.6) is 17.2 Å². The zero-order valence-corrected chi connectivity index (χ0v) is 13.9. The van der Waals surface area contributed by atoms with Gasteiger partial charge in [-0.1, -0.05) is 17.7 Å². The summed E-state index contributed by atoms with van der Waals surface area (Å²) in [5, 5.41) is 3.21. The molecule has 25 heavy (non-hydrogen) atoms. The first-order valence-electron chi connectivity index (χ1n) is 7.88. The third-order valence-corrected chi connectivity index (χ3v) is 3.92. The smallest absolute Gasteiger partial charge is 0.231 e. The van der Waals surface area contributed by atoms with Crippen molar-refractivity contribution in [3.8, 4) is 28.5 Å². The fraction of sp³-hybridized carbons (Fsp3) is 0.158. The molecule has 2 aromatic carbocycles. The first kappa shape index (κ1) is 15.3. The molecule has 6 nitrogen and oxygen atoms in total. The summed E-state index contributed by atoms with van der Waals surface area (Å²) in [4.78, 5) is 8.88. The van der Waals surface area contributed by atoms with Gasteiger partial charge in [0.25, 0.3) is 0 Å². The van der Waals surface area contributed by atoms with Crippen molar-refractivity contribution in [1.82, 2.24) is 9.97 Å². The predicted octanol–water partition coefficient (Wildman–Crippen LogP) is 3.93. The van der Waals surface area contributed by atoms with Crippen molar-refractivity contribution < 1.29 is 14.2 Å². The Bertz CT molecular complexity index is 910. The number of methoxy groups -OCH3 is 1. The van der Waals surface area contributed by atoms with E-state index >= 15 is 0 Å². The second-order valence-electron chi connectivity index (χ2n) is 5.67. The number of hydrogen-bond donors (Lipinski definition) is 1. The molecule has 1 aromatic heterocycles. The Morgan fingerprint density at radius 2 is 1.92 bits per heavy atom. The average Bonchev–Trinajstić information content (AvgIpc) is 3.12. The maximum absolute atomic E-state index is 5.48. The van der Waals surface area contributed by atoms with Crippen LogP contribution >= 0.6 is 0 Å². The van der Waals surface area contributed by atoms with E-state index in [0.29, 0.717) is 23.2 Å². The topological polar surface area (TPSA) is 65.5 Å². The Hall–Kier alpha value is -3.28. The maximum Gasteiger partial charge on any atom is 0.231 e. The van der Waals surface area contributed by atoms with Crippen LogP contribution in [-0.4, -0.2) is 23.9 Å². The van der Waals surface area contributed by atoms with Crippen molar-refractivity contribution in [2.45, 2.75) is 6.92 Å². The van der Waals surface area contributed by atoms with Gasteiger partial charge in [0.1, 0.15) is 0 Å². The highest BCUT2D eigenvalue weighted by molar-refractivity contribution is 5.70. The molecule has 0 aliphatic carbocycles. The van der Waals surface area contributed by atoms with Gasteiger partial charge in [-0.3, -0.25) is 0 Å². The Morgan fingerprint density at radius 1 is 1.08 bits per heavy atom. The van der Waals surface area contributed by atoms with E-state index in [1.807, 2.05) is 49.4 Å². The van der Waals surface area contributed by atoms with Crippen LogP contribution in [0.25, 0.3) is 11.3 Å². The molecule has 4 rings (SSSR count). The maximum atomic E-state index is 5.48. The minimum Gasteiger partial charge on any atom is -0.493 e. The molecule has 3 aromatic rings. The van der Waals surface area contributed by atoms with Crippen molar-refractivity contribution in [3.63, 3.8) is 0 Å². The van der Waals surface area contributed by atoms with E-state index in [4.69, 9.17) is 14.2 Å². The van der Waals surface area contributed by atoms with Gasteiger partial charge in [0.15, 0.2) is 11.5 Å². The first-order valence-corrected chi connectivity index (χ1v) is 7.88. The molecule has 0 amide bonds. The molecular formula is C19H17N3O3. The van der Waals surface area contributed by atoms with Crippen LogP contribution in [-0.2, 0) is 0 Å². The summed E-state index contributed by atoms with van der Waals surface area (Å²) in [6, 6.07) is 13.7. The van der Waals surface area contributed by atoms with Gasteiger partial charge in [-0.15, -0.1) is 0 Å². The van der Waals surface area contributed by atoms with Crippen LogP contribution in [0, 0.1) is 6.92 Å². The molecule has 1 aliphatic heterocycles. The normalized spacial score (nSPS) is 12.1. The third-order valence-electron chi connectivity index (χ3n) is 3.92. The van der Waals surface area contributed by atoms with Crippen molar-refractivity contribution in [1.29, 1.82) is 0 Å². The molecular weight excluding hydrogens is 318 g/mol. The molecule has 0 atom stereocenters. The minimum absolute atomic E-state index is 0.194. The Kier molecular flexibility index (Phi) is 3.85. The highest BCUT2D eigenvalue weighted by Gasteiger charge is 2.21. The number of nitrogens with zero attached hydrogens (tertiary/aromatic N) is 2. The lowest BCUT2D eigenvalue weighted by Crippen LogP contribution is -1.98. The van der Waals surface area contributed by atoms with Gasteiger partial charge in [-0.2, -0.15) is 0 Å². The van der Waals surface area contributed by atoms with Crippen LogP contribution in [0.3, 0.4) is 0 Å². The van der Waals surface area contributed by atoms with Crippen LogP contribution in [0.2, 0.25) is 0 Å². The van der Waals surface area contributed by atoms with Crippen LogP contribution in [0.1, 0.15) is 5.56 Å². The third kappa shape index (κ3) is 3.06. The van der Waals surface area contributed by atoms with E-state index in [9.17, 15) is 0 Å². The number of hydrogen-bond acceptors (Lipinski definition) is 6. The zero-order valence-electron chi connectivity index (χ0n) is 13.9. The summed E-state index contributed by atoms with van der Waals surface area (Å²) in [5.74, 6) is 2.42. The van der Waals surface area contributed by atoms with Crippen LogP contribution in [0.15, 0.2) is 48.7 Å². The fourth-order valence-corrected chi connectivity index (χ4v) is 2.62. The van der Waals surface area contributed by atoms with Crippen molar-refractivity contribution in [2.24, 2.45) is 0 Å². The fourth-order valence-electron chi connectivity index (χ4n) is 2.62. The van der Waals surface area contributed by atoms with Gasteiger partial charge >= 0.3 is 0 Å². The summed E-state index contributed by atoms with van der Waals surface area (Å²) < 4.78 is 16.3. The molecule has 1 N–H and O–H groups in total. The lowest BCUT2D eigenvalue weighted by atomic mass is 10.1. The zero-order chi connectivity index (χ0) is 17.2. The highest BCUT2D eigenvalue weighted by atomic mass is 16.7. The monoisotopic (exact) mass is 335 g/mol. The molecule has 6 heteroatoms. The lowest BCUT2D eigenvalue weighted by Gasteiger charge is -2.09. The van der Waals surface area contributed by atoms with Gasteiger partial charge in [0.05, 0.1) is 12.8 Å². The molecule has 0 spiro atoms. The molecule has 2 heterocycles. The van der Waals surface area contributed by atoms with Crippen LogP contribution < -0.4 is 19.5 Å². The summed E-state index contributed by atoms with van der Waals surface area (Å²) in [6.45, 7) is 2.24. The van der Waals surface area contributed by atoms with Crippen molar-refractivity contribution in [3.05, 3.63) is 54.2 Å². The number of anilines is 2. The number of aromatic nitrogens is 2. The van der Waals surface area contributed by atoms with Crippen molar-refractivity contribution >= 4 is 11.6 Å². The second kappa shape index (κ2) is 6.32. The molecule has 0 saturated carbocycles. The molecule has 0 unspecified atom stereocenters. The molecule has 126 valence electrons. The summed E-state index contributed by atoms with van der Waals surface area (Å²) in [6.07, 6.45) is 1.72. The number of ether oxygens (including phenoxy) is 3. The van der Waals surface area contributed by atoms with Gasteiger partial charge < -0.3 is 19.5 Å². The summed E-state index contributed by atoms with van der Waals surface area (Å²) in [7, 11) is 1.60. The number of rotatable bonds is 4. The van der Waals surface area contributed by atoms with Gasteiger partial charge in [0.2, 0.25) is 18.5 Å². The van der Waals surface area contributed by atoms with Gasteiger partial charge in [0, 0.05) is 17.4 Å². The largest absolute Gasteiger partial charge is 0.493 e. The van der Waals surface area contributed by atoms with Crippen molar-refractivity contribution in [2.75, 3.05) is 19.2 Å². The van der Waals surface area contributed by atoms with E-state index in [1.165, 1.54) is 5.56 Å². The summed E-state index contributed by atoms with van der Waals surface area (Å²) in [5.41, 5.74) is 3.77. The number of aryl methyl sites for hydroxylation is 1.